The first-order chi connectivity index (χ1) is 41.1. The Morgan fingerprint density at radius 3 is 1.64 bits per heavy atom. The molecule has 0 aliphatic carbocycles. The van der Waals surface area contributed by atoms with Gasteiger partial charge in [0.05, 0.1) is 22.1 Å². The number of para-hydroxylation sites is 4. The van der Waals surface area contributed by atoms with E-state index in [0.717, 1.165) is 94.1 Å². The Kier molecular flexibility index (Phi) is 9.83. The molecule has 6 aromatic heterocycles. The molecule has 7 nitrogen and oxygen atoms in total. The zero-order valence-corrected chi connectivity index (χ0v) is 45.1. The average Bonchev–Trinajstić information content (AvgIpc) is 4.02. The lowest BCUT2D eigenvalue weighted by atomic mass is 9.94. The van der Waals surface area contributed by atoms with Crippen molar-refractivity contribution >= 4 is 119 Å². The molecule has 0 unspecified atom stereocenters. The van der Waals surface area contributed by atoms with E-state index in [9.17, 15) is 0 Å². The summed E-state index contributed by atoms with van der Waals surface area (Å²) >= 11 is 1.86. The second-order valence-electron chi connectivity index (χ2n) is 21.4. The van der Waals surface area contributed by atoms with Crippen LogP contribution in [-0.4, -0.2) is 24.1 Å². The van der Waals surface area contributed by atoms with E-state index >= 15 is 0 Å². The first-order valence-corrected chi connectivity index (χ1v) is 28.7. The highest BCUT2D eigenvalue weighted by atomic mass is 32.1. The minimum Gasteiger partial charge on any atom is -0.456 e. The fourth-order valence-electron chi connectivity index (χ4n) is 13.0. The molecular formula is C75H43N5O2S. The second kappa shape index (κ2) is 17.8. The van der Waals surface area contributed by atoms with Crippen LogP contribution in [0.3, 0.4) is 0 Å². The Balaban J connectivity index is 0.781. The molecular weight excluding hydrogens is 1030 g/mol. The number of benzene rings is 12. The number of nitrogens with zero attached hydrogens (tertiary/aromatic N) is 5. The third-order valence-electron chi connectivity index (χ3n) is 16.8. The van der Waals surface area contributed by atoms with Crippen LogP contribution in [0.1, 0.15) is 0 Å². The molecule has 0 atom stereocenters. The van der Waals surface area contributed by atoms with Crippen molar-refractivity contribution in [2.24, 2.45) is 0 Å². The molecule has 12 aromatic carbocycles. The van der Waals surface area contributed by atoms with Crippen LogP contribution in [0.2, 0.25) is 0 Å². The third kappa shape index (κ3) is 7.06. The molecule has 0 aliphatic heterocycles. The summed E-state index contributed by atoms with van der Waals surface area (Å²) in [5.41, 5.74) is 17.1. The van der Waals surface area contributed by atoms with Crippen molar-refractivity contribution in [3.63, 3.8) is 0 Å². The van der Waals surface area contributed by atoms with E-state index in [1.54, 1.807) is 0 Å². The summed E-state index contributed by atoms with van der Waals surface area (Å²) in [5, 5.41) is 11.4. The summed E-state index contributed by atoms with van der Waals surface area (Å²) < 4.78 is 20.6. The summed E-state index contributed by atoms with van der Waals surface area (Å²) in [4.78, 5) is 15.8. The zero-order chi connectivity index (χ0) is 54.3. The lowest BCUT2D eigenvalue weighted by molar-refractivity contribution is 0.668. The zero-order valence-electron chi connectivity index (χ0n) is 44.3. The average molecular weight is 1080 g/mol. The van der Waals surface area contributed by atoms with Gasteiger partial charge in [-0.25, -0.2) is 15.0 Å². The predicted molar refractivity (Wildman–Crippen MR) is 343 cm³/mol. The van der Waals surface area contributed by atoms with Crippen LogP contribution in [0.4, 0.5) is 0 Å². The fraction of sp³-hybridized carbons (Fsp3) is 0. The summed E-state index contributed by atoms with van der Waals surface area (Å²) in [6.45, 7) is 0. The van der Waals surface area contributed by atoms with Crippen molar-refractivity contribution in [3.8, 4) is 67.8 Å². The lowest BCUT2D eigenvalue weighted by Gasteiger charge is -2.11. The summed E-state index contributed by atoms with van der Waals surface area (Å²) in [6, 6.07) is 92.7. The highest BCUT2D eigenvalue weighted by Gasteiger charge is 2.22. The van der Waals surface area contributed by atoms with Gasteiger partial charge in [0, 0.05) is 96.9 Å². The number of aromatic nitrogens is 5. The molecule has 8 heteroatoms. The maximum absolute atomic E-state index is 6.72. The molecule has 0 saturated carbocycles. The third-order valence-corrected chi connectivity index (χ3v) is 18.0. The van der Waals surface area contributed by atoms with Crippen LogP contribution in [0.5, 0.6) is 0 Å². The van der Waals surface area contributed by atoms with E-state index in [1.807, 2.05) is 53.8 Å². The number of hydrogen-bond donors (Lipinski definition) is 0. The van der Waals surface area contributed by atoms with E-state index in [0.29, 0.717) is 17.5 Å². The van der Waals surface area contributed by atoms with Crippen LogP contribution in [-0.2, 0) is 0 Å². The van der Waals surface area contributed by atoms with Gasteiger partial charge in [-0.1, -0.05) is 152 Å². The topological polar surface area (TPSA) is 74.8 Å². The first kappa shape index (κ1) is 45.9. The highest BCUT2D eigenvalue weighted by Crippen LogP contribution is 2.46. The van der Waals surface area contributed by atoms with Gasteiger partial charge in [0.2, 0.25) is 0 Å². The van der Waals surface area contributed by atoms with Gasteiger partial charge in [0.25, 0.3) is 0 Å². The molecule has 386 valence electrons. The van der Waals surface area contributed by atoms with Crippen LogP contribution >= 0.6 is 11.3 Å². The van der Waals surface area contributed by atoms with E-state index in [-0.39, 0.29) is 0 Å². The summed E-state index contributed by atoms with van der Waals surface area (Å²) in [7, 11) is 0. The van der Waals surface area contributed by atoms with Crippen molar-refractivity contribution in [2.45, 2.75) is 0 Å². The summed E-state index contributed by atoms with van der Waals surface area (Å²) in [5.74, 6) is 1.66. The van der Waals surface area contributed by atoms with Crippen molar-refractivity contribution in [2.75, 3.05) is 0 Å². The molecule has 0 N–H and O–H groups in total. The minimum atomic E-state index is 0.541. The molecule has 83 heavy (non-hydrogen) atoms. The van der Waals surface area contributed by atoms with Crippen molar-refractivity contribution in [1.29, 1.82) is 0 Å². The van der Waals surface area contributed by atoms with Crippen molar-refractivity contribution < 1.29 is 8.83 Å². The van der Waals surface area contributed by atoms with Crippen LogP contribution in [0, 0.1) is 0 Å². The molecule has 0 bridgehead atoms. The normalized spacial score (nSPS) is 12.1. The Bertz CT molecular complexity index is 5660. The molecule has 0 aliphatic rings. The standard InChI is InChI=1S/C75H43N5O2S/c1-3-16-44(17-4-1)73-76-74(47-30-34-54-59-43-50(33-37-66(59)82-69(54)42-47)80-62-25-11-7-20-51(62)52-21-8-12-26-63(52)80)78-75(77-73)56-24-15-28-68-71(56)61-38-45(32-36-67(61)81-68)48-40-57(72-60(41-48)55-23-10-14-29-70(55)83-72)46-31-35-65-58(39-46)53-22-9-13-27-64(53)79(65)49-18-5-2-6-19-49/h1-43H. The Labute approximate surface area is 477 Å². The van der Waals surface area contributed by atoms with Gasteiger partial charge in [-0.05, 0) is 126 Å². The van der Waals surface area contributed by atoms with Crippen molar-refractivity contribution in [3.05, 3.63) is 261 Å². The number of thiophene rings is 1. The van der Waals surface area contributed by atoms with E-state index < -0.39 is 0 Å². The summed E-state index contributed by atoms with van der Waals surface area (Å²) in [6.07, 6.45) is 0. The smallest absolute Gasteiger partial charge is 0.164 e. The van der Waals surface area contributed by atoms with Gasteiger partial charge >= 0.3 is 0 Å². The van der Waals surface area contributed by atoms with Crippen molar-refractivity contribution in [1.82, 2.24) is 24.1 Å². The van der Waals surface area contributed by atoms with E-state index in [4.69, 9.17) is 23.8 Å². The van der Waals surface area contributed by atoms with E-state index in [2.05, 4.69) is 228 Å². The molecule has 0 radical (unpaired) electrons. The molecule has 0 spiro atoms. The first-order valence-electron chi connectivity index (χ1n) is 27.9. The second-order valence-corrected chi connectivity index (χ2v) is 22.5. The Morgan fingerprint density at radius 2 is 0.855 bits per heavy atom. The van der Waals surface area contributed by atoms with Gasteiger partial charge in [-0.3, -0.25) is 0 Å². The lowest BCUT2D eigenvalue weighted by Crippen LogP contribution is -2.00. The van der Waals surface area contributed by atoms with Gasteiger partial charge < -0.3 is 18.0 Å². The SMILES string of the molecule is c1ccc(-c2nc(-c3ccc4c(c3)oc3ccc(-n5c6ccccc6c6ccccc65)cc34)nc(-c3cccc4oc5ccc(-c6cc(-c7ccc8c(c7)c7ccccc7n8-c7ccccc7)c7sc8ccccc8c7c6)cc5c34)n2)cc1. The minimum absolute atomic E-state index is 0.541. The molecule has 0 saturated heterocycles. The highest BCUT2D eigenvalue weighted by molar-refractivity contribution is 7.26. The number of fused-ring (bicyclic) bond motifs is 15. The number of furan rings is 2. The predicted octanol–water partition coefficient (Wildman–Crippen LogP) is 20.6. The Morgan fingerprint density at radius 1 is 0.277 bits per heavy atom. The number of hydrogen-bond acceptors (Lipinski definition) is 6. The molecule has 18 aromatic rings. The van der Waals surface area contributed by atoms with Gasteiger partial charge in [-0.15, -0.1) is 11.3 Å². The van der Waals surface area contributed by atoms with Crippen LogP contribution < -0.4 is 0 Å². The van der Waals surface area contributed by atoms with Crippen LogP contribution in [0.25, 0.3) is 175 Å². The molecule has 0 amide bonds. The van der Waals surface area contributed by atoms with E-state index in [1.165, 1.54) is 63.9 Å². The van der Waals surface area contributed by atoms with Gasteiger partial charge in [0.15, 0.2) is 17.5 Å². The molecule has 18 rings (SSSR count). The maximum Gasteiger partial charge on any atom is 0.164 e. The monoisotopic (exact) mass is 1080 g/mol. The fourth-order valence-corrected chi connectivity index (χ4v) is 14.2. The molecule has 6 heterocycles. The van der Waals surface area contributed by atoms with Gasteiger partial charge in [0.1, 0.15) is 22.3 Å². The quantitative estimate of drug-likeness (QED) is 0.159. The number of rotatable bonds is 7. The molecule has 0 fully saturated rings. The maximum atomic E-state index is 6.72. The van der Waals surface area contributed by atoms with Gasteiger partial charge in [-0.2, -0.15) is 0 Å². The Hall–Kier alpha value is -10.9. The largest absolute Gasteiger partial charge is 0.456 e. The van der Waals surface area contributed by atoms with Crippen LogP contribution in [0.15, 0.2) is 270 Å².